The van der Waals surface area contributed by atoms with E-state index in [2.05, 4.69) is 15.2 Å². The Morgan fingerprint density at radius 3 is 2.94 bits per heavy atom. The molecule has 2 rings (SSSR count). The van der Waals surface area contributed by atoms with Crippen LogP contribution in [0.4, 0.5) is 5.95 Å². The number of carboxylic acids is 1. The van der Waals surface area contributed by atoms with Crippen molar-refractivity contribution >= 4 is 17.8 Å². The number of nitrogen functional groups attached to an aromatic ring is 1. The highest BCUT2D eigenvalue weighted by Gasteiger charge is 2.34. The third kappa shape index (κ3) is 2.18. The maximum absolute atomic E-state index is 11.9. The van der Waals surface area contributed by atoms with E-state index in [1.54, 1.807) is 0 Å². The number of hydrogen-bond donors (Lipinski definition) is 3. The van der Waals surface area contributed by atoms with Gasteiger partial charge in [-0.15, -0.1) is 5.10 Å². The molecule has 0 saturated carbocycles. The van der Waals surface area contributed by atoms with Crippen LogP contribution in [0.15, 0.2) is 0 Å². The smallest absolute Gasteiger partial charge is 0.328 e. The number of morpholine rings is 1. The van der Waals surface area contributed by atoms with Gasteiger partial charge in [-0.25, -0.2) is 4.79 Å². The molecule has 0 bridgehead atoms. The van der Waals surface area contributed by atoms with Gasteiger partial charge in [0.25, 0.3) is 5.91 Å². The number of aromatic nitrogens is 3. The lowest BCUT2D eigenvalue weighted by molar-refractivity contribution is -0.147. The maximum Gasteiger partial charge on any atom is 0.328 e. The minimum Gasteiger partial charge on any atom is -0.480 e. The zero-order chi connectivity index (χ0) is 12.4. The number of aromatic amines is 1. The molecule has 1 atom stereocenters. The fraction of sp³-hybridized carbons (Fsp3) is 0.500. The number of hydrogen-bond acceptors (Lipinski definition) is 6. The van der Waals surface area contributed by atoms with E-state index >= 15 is 0 Å². The molecule has 2 heterocycles. The molecular formula is C8H11N5O4. The second-order valence-electron chi connectivity index (χ2n) is 3.47. The van der Waals surface area contributed by atoms with Crippen molar-refractivity contribution < 1.29 is 19.4 Å². The van der Waals surface area contributed by atoms with Crippen LogP contribution >= 0.6 is 0 Å². The molecule has 0 spiro atoms. The lowest BCUT2D eigenvalue weighted by Gasteiger charge is -2.31. The van der Waals surface area contributed by atoms with E-state index in [-0.39, 0.29) is 24.9 Å². The van der Waals surface area contributed by atoms with Crippen molar-refractivity contribution in [2.24, 2.45) is 0 Å². The molecule has 4 N–H and O–H groups in total. The summed E-state index contributed by atoms with van der Waals surface area (Å²) in [7, 11) is 0. The maximum atomic E-state index is 11.9. The molecule has 1 fully saturated rings. The van der Waals surface area contributed by atoms with Gasteiger partial charge in [0.15, 0.2) is 6.04 Å². The fourth-order valence-electron chi connectivity index (χ4n) is 1.56. The zero-order valence-electron chi connectivity index (χ0n) is 8.79. The summed E-state index contributed by atoms with van der Waals surface area (Å²) >= 11 is 0. The van der Waals surface area contributed by atoms with Gasteiger partial charge in [0, 0.05) is 6.54 Å². The van der Waals surface area contributed by atoms with Gasteiger partial charge in [-0.2, -0.15) is 4.98 Å². The average molecular weight is 241 g/mol. The summed E-state index contributed by atoms with van der Waals surface area (Å²) in [4.78, 5) is 27.7. The SMILES string of the molecule is Nc1n[nH]c(C(=O)N2CCOCC2C(=O)O)n1. The van der Waals surface area contributed by atoms with Gasteiger partial charge in [-0.3, -0.25) is 9.89 Å². The molecule has 1 aliphatic rings. The summed E-state index contributed by atoms with van der Waals surface area (Å²) < 4.78 is 5.02. The highest BCUT2D eigenvalue weighted by atomic mass is 16.5. The van der Waals surface area contributed by atoms with Gasteiger partial charge in [0.1, 0.15) is 0 Å². The van der Waals surface area contributed by atoms with Gasteiger partial charge in [-0.1, -0.05) is 0 Å². The van der Waals surface area contributed by atoms with Gasteiger partial charge in [-0.05, 0) is 0 Å². The molecule has 1 aromatic heterocycles. The number of ether oxygens (including phenoxy) is 1. The lowest BCUT2D eigenvalue weighted by Crippen LogP contribution is -2.52. The fourth-order valence-corrected chi connectivity index (χ4v) is 1.56. The Labute approximate surface area is 95.6 Å². The molecule has 9 nitrogen and oxygen atoms in total. The average Bonchev–Trinajstić information content (AvgIpc) is 2.75. The van der Waals surface area contributed by atoms with Gasteiger partial charge < -0.3 is 20.5 Å². The first-order valence-electron chi connectivity index (χ1n) is 4.89. The third-order valence-corrected chi connectivity index (χ3v) is 2.38. The highest BCUT2D eigenvalue weighted by Crippen LogP contribution is 2.11. The van der Waals surface area contributed by atoms with E-state index < -0.39 is 17.9 Å². The minimum atomic E-state index is -1.12. The molecule has 1 aromatic rings. The van der Waals surface area contributed by atoms with Crippen LogP contribution in [0.25, 0.3) is 0 Å². The molecular weight excluding hydrogens is 230 g/mol. The molecule has 9 heteroatoms. The Balaban J connectivity index is 2.19. The molecule has 1 amide bonds. The van der Waals surface area contributed by atoms with Crippen molar-refractivity contribution in [1.29, 1.82) is 0 Å². The number of nitrogens with one attached hydrogen (secondary N) is 1. The van der Waals surface area contributed by atoms with Crippen LogP contribution in [0.1, 0.15) is 10.6 Å². The monoisotopic (exact) mass is 241 g/mol. The number of H-pyrrole nitrogens is 1. The van der Waals surface area contributed by atoms with Gasteiger partial charge in [0.2, 0.25) is 11.8 Å². The Morgan fingerprint density at radius 2 is 2.35 bits per heavy atom. The van der Waals surface area contributed by atoms with Crippen LogP contribution in [0, 0.1) is 0 Å². The normalized spacial score (nSPS) is 20.2. The third-order valence-electron chi connectivity index (χ3n) is 2.38. The number of amides is 1. The van der Waals surface area contributed by atoms with Gasteiger partial charge in [0.05, 0.1) is 13.2 Å². The second kappa shape index (κ2) is 4.37. The predicted molar refractivity (Wildman–Crippen MR) is 54.1 cm³/mol. The summed E-state index contributed by atoms with van der Waals surface area (Å²) in [5.74, 6) is -1.81. The first-order chi connectivity index (χ1) is 8.09. The number of aliphatic carboxylic acids is 1. The molecule has 92 valence electrons. The summed E-state index contributed by atoms with van der Waals surface area (Å²) in [6, 6.07) is -1.01. The second-order valence-corrected chi connectivity index (χ2v) is 3.47. The van der Waals surface area contributed by atoms with E-state index in [0.29, 0.717) is 6.61 Å². The summed E-state index contributed by atoms with van der Waals surface area (Å²) in [5, 5.41) is 14.8. The van der Waals surface area contributed by atoms with E-state index in [4.69, 9.17) is 15.6 Å². The Hall–Kier alpha value is -2.16. The number of carbonyl (C=O) groups excluding carboxylic acids is 1. The predicted octanol–water partition coefficient (Wildman–Crippen LogP) is -1.69. The number of nitrogens with zero attached hydrogens (tertiary/aromatic N) is 3. The van der Waals surface area contributed by atoms with Crippen LogP contribution < -0.4 is 5.73 Å². The summed E-state index contributed by atoms with van der Waals surface area (Å²) in [6.45, 7) is 0.445. The van der Waals surface area contributed by atoms with Crippen molar-refractivity contribution in [2.45, 2.75) is 6.04 Å². The number of carboxylic acid groups (broad SMARTS) is 1. The largest absolute Gasteiger partial charge is 0.480 e. The number of anilines is 1. The van der Waals surface area contributed by atoms with E-state index in [1.165, 1.54) is 4.90 Å². The van der Waals surface area contributed by atoms with Crippen molar-refractivity contribution in [3.8, 4) is 0 Å². The summed E-state index contributed by atoms with van der Waals surface area (Å²) in [5.41, 5.74) is 5.28. The van der Waals surface area contributed by atoms with Crippen molar-refractivity contribution in [3.05, 3.63) is 5.82 Å². The standard InChI is InChI=1S/C8H11N5O4/c9-8-10-5(11-12-8)6(14)13-1-2-17-3-4(13)7(15)16/h4H,1-3H2,(H,15,16)(H3,9,10,11,12). The Morgan fingerprint density at radius 1 is 1.59 bits per heavy atom. The van der Waals surface area contributed by atoms with E-state index in [1.807, 2.05) is 0 Å². The van der Waals surface area contributed by atoms with Crippen LogP contribution in [0.3, 0.4) is 0 Å². The van der Waals surface area contributed by atoms with Crippen LogP contribution in [-0.4, -0.2) is 62.9 Å². The van der Waals surface area contributed by atoms with Crippen LogP contribution in [0.5, 0.6) is 0 Å². The van der Waals surface area contributed by atoms with E-state index in [0.717, 1.165) is 0 Å². The highest BCUT2D eigenvalue weighted by molar-refractivity contribution is 5.93. The van der Waals surface area contributed by atoms with Gasteiger partial charge >= 0.3 is 5.97 Å². The van der Waals surface area contributed by atoms with Crippen LogP contribution in [0.2, 0.25) is 0 Å². The molecule has 17 heavy (non-hydrogen) atoms. The molecule has 1 aliphatic heterocycles. The molecule has 1 unspecified atom stereocenters. The van der Waals surface area contributed by atoms with E-state index in [9.17, 15) is 9.59 Å². The quantitative estimate of drug-likeness (QED) is 0.562. The number of nitrogens with two attached hydrogens (primary N) is 1. The van der Waals surface area contributed by atoms with Crippen molar-refractivity contribution in [1.82, 2.24) is 20.1 Å². The first-order valence-corrected chi connectivity index (χ1v) is 4.89. The first kappa shape index (κ1) is 11.3. The minimum absolute atomic E-state index is 0.0370. The van der Waals surface area contributed by atoms with Crippen molar-refractivity contribution in [2.75, 3.05) is 25.5 Å². The number of carbonyl (C=O) groups is 2. The lowest BCUT2D eigenvalue weighted by atomic mass is 10.2. The Kier molecular flexibility index (Phi) is 2.91. The molecule has 1 saturated heterocycles. The Bertz CT molecular complexity index is 445. The molecule has 0 aliphatic carbocycles. The van der Waals surface area contributed by atoms with Crippen molar-refractivity contribution in [3.63, 3.8) is 0 Å². The topological polar surface area (TPSA) is 134 Å². The molecule has 0 aromatic carbocycles. The molecule has 0 radical (unpaired) electrons. The number of rotatable bonds is 2. The summed E-state index contributed by atoms with van der Waals surface area (Å²) in [6.07, 6.45) is 0. The van der Waals surface area contributed by atoms with Crippen LogP contribution in [-0.2, 0) is 9.53 Å². The zero-order valence-corrected chi connectivity index (χ0v) is 8.79.